The van der Waals surface area contributed by atoms with Gasteiger partial charge in [0.1, 0.15) is 5.75 Å². The van der Waals surface area contributed by atoms with Crippen LogP contribution in [0, 0.1) is 0 Å². The molecule has 0 aliphatic carbocycles. The summed E-state index contributed by atoms with van der Waals surface area (Å²) in [6.07, 6.45) is 0.0648. The van der Waals surface area contributed by atoms with E-state index in [0.717, 1.165) is 12.0 Å². The van der Waals surface area contributed by atoms with Crippen molar-refractivity contribution < 1.29 is 19.7 Å². The summed E-state index contributed by atoms with van der Waals surface area (Å²) in [4.78, 5) is 0. The fourth-order valence-corrected chi connectivity index (χ4v) is 2.39. The molecule has 0 bridgehead atoms. The minimum atomic E-state index is -0.735. The summed E-state index contributed by atoms with van der Waals surface area (Å²) < 4.78 is 10.5. The molecule has 0 spiro atoms. The predicted molar refractivity (Wildman–Crippen MR) is 89.2 cm³/mol. The summed E-state index contributed by atoms with van der Waals surface area (Å²) >= 11 is 0. The Kier molecular flexibility index (Phi) is 6.26. The molecule has 1 unspecified atom stereocenters. The zero-order valence-electron chi connectivity index (χ0n) is 13.5. The molecule has 0 amide bonds. The van der Waals surface area contributed by atoms with Gasteiger partial charge in [-0.2, -0.15) is 0 Å². The molecule has 1 atom stereocenters. The van der Waals surface area contributed by atoms with Crippen molar-refractivity contribution in [3.8, 4) is 17.2 Å². The standard InChI is InChI=1S/C18H23NO4/c1-22-17-8-7-13(11-18(17)23-2)9-10-19-12-16(21)14-5-3-4-6-15(14)20/h3-8,11,16,19-21H,9-10,12H2,1-2H3. The van der Waals surface area contributed by atoms with E-state index < -0.39 is 6.10 Å². The Bertz CT molecular complexity index is 630. The lowest BCUT2D eigenvalue weighted by Gasteiger charge is -2.14. The van der Waals surface area contributed by atoms with Gasteiger partial charge in [0.25, 0.3) is 0 Å². The summed E-state index contributed by atoms with van der Waals surface area (Å²) in [6, 6.07) is 12.6. The van der Waals surface area contributed by atoms with Crippen LogP contribution in [-0.4, -0.2) is 37.5 Å². The highest BCUT2D eigenvalue weighted by molar-refractivity contribution is 5.43. The van der Waals surface area contributed by atoms with Gasteiger partial charge in [0.05, 0.1) is 20.3 Å². The second-order valence-electron chi connectivity index (χ2n) is 5.22. The first kappa shape index (κ1) is 17.1. The van der Waals surface area contributed by atoms with Gasteiger partial charge < -0.3 is 25.0 Å². The Morgan fingerprint density at radius 2 is 1.78 bits per heavy atom. The van der Waals surface area contributed by atoms with Crippen LogP contribution in [0.1, 0.15) is 17.2 Å². The van der Waals surface area contributed by atoms with Crippen LogP contribution < -0.4 is 14.8 Å². The maximum atomic E-state index is 10.1. The van der Waals surface area contributed by atoms with Crippen LogP contribution in [0.2, 0.25) is 0 Å². The molecule has 0 aliphatic heterocycles. The van der Waals surface area contributed by atoms with Crippen LogP contribution >= 0.6 is 0 Å². The van der Waals surface area contributed by atoms with Gasteiger partial charge in [-0.05, 0) is 36.7 Å². The Labute approximate surface area is 136 Å². The number of benzene rings is 2. The molecule has 2 aromatic carbocycles. The Morgan fingerprint density at radius 3 is 2.48 bits per heavy atom. The monoisotopic (exact) mass is 317 g/mol. The molecule has 5 nitrogen and oxygen atoms in total. The molecule has 0 aliphatic rings. The lowest BCUT2D eigenvalue weighted by Crippen LogP contribution is -2.23. The van der Waals surface area contributed by atoms with Crippen LogP contribution in [0.25, 0.3) is 0 Å². The van der Waals surface area contributed by atoms with Crippen molar-refractivity contribution in [2.24, 2.45) is 0 Å². The smallest absolute Gasteiger partial charge is 0.160 e. The number of rotatable bonds is 8. The number of hydrogen-bond donors (Lipinski definition) is 3. The SMILES string of the molecule is COc1ccc(CCNCC(O)c2ccccc2O)cc1OC. The number of hydrogen-bond acceptors (Lipinski definition) is 5. The zero-order chi connectivity index (χ0) is 16.7. The van der Waals surface area contributed by atoms with Gasteiger partial charge in [-0.25, -0.2) is 0 Å². The lowest BCUT2D eigenvalue weighted by atomic mass is 10.1. The number of ether oxygens (including phenoxy) is 2. The summed E-state index contributed by atoms with van der Waals surface area (Å²) in [5.74, 6) is 1.53. The van der Waals surface area contributed by atoms with Gasteiger partial charge in [-0.1, -0.05) is 24.3 Å². The number of aliphatic hydroxyl groups is 1. The second-order valence-corrected chi connectivity index (χ2v) is 5.22. The minimum absolute atomic E-state index is 0.113. The number of aromatic hydroxyl groups is 1. The second kappa shape index (κ2) is 8.41. The number of para-hydroxylation sites is 1. The predicted octanol–water partition coefficient (Wildman–Crippen LogP) is 2.28. The Morgan fingerprint density at radius 1 is 1.04 bits per heavy atom. The third kappa shape index (κ3) is 4.61. The van der Waals surface area contributed by atoms with Gasteiger partial charge in [0, 0.05) is 12.1 Å². The highest BCUT2D eigenvalue weighted by Crippen LogP contribution is 2.27. The summed E-state index contributed by atoms with van der Waals surface area (Å²) in [5, 5.41) is 23.0. The van der Waals surface area contributed by atoms with Crippen molar-refractivity contribution in [2.75, 3.05) is 27.3 Å². The van der Waals surface area contributed by atoms with Crippen molar-refractivity contribution in [1.29, 1.82) is 0 Å². The van der Waals surface area contributed by atoms with Crippen molar-refractivity contribution >= 4 is 0 Å². The first-order valence-electron chi connectivity index (χ1n) is 7.53. The van der Waals surface area contributed by atoms with E-state index in [2.05, 4.69) is 5.32 Å². The molecular weight excluding hydrogens is 294 g/mol. The van der Waals surface area contributed by atoms with E-state index in [0.29, 0.717) is 30.2 Å². The van der Waals surface area contributed by atoms with Crippen LogP contribution in [-0.2, 0) is 6.42 Å². The molecule has 124 valence electrons. The average molecular weight is 317 g/mol. The first-order chi connectivity index (χ1) is 11.2. The van der Waals surface area contributed by atoms with Crippen molar-refractivity contribution in [3.05, 3.63) is 53.6 Å². The molecule has 0 saturated carbocycles. The molecule has 2 rings (SSSR count). The highest BCUT2D eigenvalue weighted by atomic mass is 16.5. The number of methoxy groups -OCH3 is 2. The van der Waals surface area contributed by atoms with E-state index in [1.165, 1.54) is 0 Å². The molecule has 5 heteroatoms. The summed E-state index contributed by atoms with van der Waals surface area (Å²) in [5.41, 5.74) is 1.65. The molecule has 0 radical (unpaired) electrons. The topological polar surface area (TPSA) is 71.0 Å². The number of phenols is 1. The van der Waals surface area contributed by atoms with E-state index >= 15 is 0 Å². The van der Waals surface area contributed by atoms with Crippen LogP contribution in [0.4, 0.5) is 0 Å². The maximum absolute atomic E-state index is 10.1. The van der Waals surface area contributed by atoms with E-state index in [-0.39, 0.29) is 5.75 Å². The molecule has 2 aromatic rings. The third-order valence-electron chi connectivity index (χ3n) is 3.67. The fraction of sp³-hybridized carbons (Fsp3) is 0.333. The van der Waals surface area contributed by atoms with Gasteiger partial charge in [0.15, 0.2) is 11.5 Å². The van der Waals surface area contributed by atoms with Crippen molar-refractivity contribution in [2.45, 2.75) is 12.5 Å². The molecule has 3 N–H and O–H groups in total. The molecule has 0 aromatic heterocycles. The molecule has 0 saturated heterocycles. The number of nitrogens with one attached hydrogen (secondary N) is 1. The Hall–Kier alpha value is -2.24. The zero-order valence-corrected chi connectivity index (χ0v) is 13.5. The summed E-state index contributed by atoms with van der Waals surface area (Å²) in [6.45, 7) is 1.09. The highest BCUT2D eigenvalue weighted by Gasteiger charge is 2.11. The molecule has 0 fully saturated rings. The fourth-order valence-electron chi connectivity index (χ4n) is 2.39. The molecule has 23 heavy (non-hydrogen) atoms. The van der Waals surface area contributed by atoms with Crippen LogP contribution in [0.5, 0.6) is 17.2 Å². The van der Waals surface area contributed by atoms with Crippen molar-refractivity contribution in [3.63, 3.8) is 0 Å². The van der Waals surface area contributed by atoms with E-state index in [4.69, 9.17) is 9.47 Å². The minimum Gasteiger partial charge on any atom is -0.508 e. The molecular formula is C18H23NO4. The van der Waals surface area contributed by atoms with Crippen LogP contribution in [0.15, 0.2) is 42.5 Å². The van der Waals surface area contributed by atoms with Gasteiger partial charge in [-0.15, -0.1) is 0 Å². The number of aliphatic hydroxyl groups excluding tert-OH is 1. The lowest BCUT2D eigenvalue weighted by molar-refractivity contribution is 0.171. The van der Waals surface area contributed by atoms with Crippen LogP contribution in [0.3, 0.4) is 0 Å². The van der Waals surface area contributed by atoms with Crippen molar-refractivity contribution in [1.82, 2.24) is 5.32 Å². The molecule has 0 heterocycles. The van der Waals surface area contributed by atoms with E-state index in [1.54, 1.807) is 38.5 Å². The summed E-state index contributed by atoms with van der Waals surface area (Å²) in [7, 11) is 3.22. The largest absolute Gasteiger partial charge is 0.508 e. The van der Waals surface area contributed by atoms with Gasteiger partial charge in [0.2, 0.25) is 0 Å². The Balaban J connectivity index is 1.82. The van der Waals surface area contributed by atoms with E-state index in [1.807, 2.05) is 18.2 Å². The van der Waals surface area contributed by atoms with Gasteiger partial charge >= 0.3 is 0 Å². The maximum Gasteiger partial charge on any atom is 0.160 e. The van der Waals surface area contributed by atoms with E-state index in [9.17, 15) is 10.2 Å². The van der Waals surface area contributed by atoms with Gasteiger partial charge in [-0.3, -0.25) is 0 Å². The first-order valence-corrected chi connectivity index (χ1v) is 7.53. The normalized spacial score (nSPS) is 12.0. The number of phenolic OH excluding ortho intramolecular Hbond substituents is 1. The third-order valence-corrected chi connectivity index (χ3v) is 3.67. The quantitative estimate of drug-likeness (QED) is 0.652. The average Bonchev–Trinajstić information content (AvgIpc) is 2.58.